The highest BCUT2D eigenvalue weighted by Gasteiger charge is 2.11. The molecule has 1 amide bonds. The number of carbonyl (C=O) groups is 1. The predicted octanol–water partition coefficient (Wildman–Crippen LogP) is 3.30. The van der Waals surface area contributed by atoms with Gasteiger partial charge in [0, 0.05) is 12.4 Å². The van der Waals surface area contributed by atoms with Crippen LogP contribution in [0.25, 0.3) is 0 Å². The molecule has 0 aliphatic heterocycles. The monoisotopic (exact) mass is 347 g/mol. The van der Waals surface area contributed by atoms with E-state index >= 15 is 0 Å². The van der Waals surface area contributed by atoms with Crippen molar-refractivity contribution >= 4 is 23.7 Å². The molecule has 2 aromatic rings. The summed E-state index contributed by atoms with van der Waals surface area (Å²) in [7, 11) is 1.54. The van der Waals surface area contributed by atoms with E-state index in [1.165, 1.54) is 19.5 Å². The van der Waals surface area contributed by atoms with E-state index in [1.807, 2.05) is 6.92 Å². The molecule has 0 unspecified atom stereocenters. The number of rotatable bonds is 7. The Morgan fingerprint density at radius 3 is 2.96 bits per heavy atom. The van der Waals surface area contributed by atoms with Crippen LogP contribution >= 0.6 is 11.6 Å². The maximum Gasteiger partial charge on any atom is 0.272 e. The number of amides is 1. The van der Waals surface area contributed by atoms with Crippen molar-refractivity contribution < 1.29 is 14.3 Å². The summed E-state index contributed by atoms with van der Waals surface area (Å²) in [5.41, 5.74) is 3.53. The highest BCUT2D eigenvalue weighted by molar-refractivity contribution is 6.32. The van der Waals surface area contributed by atoms with Gasteiger partial charge in [-0.25, -0.2) is 5.43 Å². The molecular formula is C17H18ClN3O3. The zero-order valence-electron chi connectivity index (χ0n) is 13.5. The highest BCUT2D eigenvalue weighted by atomic mass is 35.5. The summed E-state index contributed by atoms with van der Waals surface area (Å²) in [5.74, 6) is 0.661. The van der Waals surface area contributed by atoms with Crippen molar-refractivity contribution in [1.82, 2.24) is 10.4 Å². The Balaban J connectivity index is 2.09. The van der Waals surface area contributed by atoms with Crippen LogP contribution in [-0.2, 0) is 0 Å². The minimum atomic E-state index is -0.347. The van der Waals surface area contributed by atoms with Gasteiger partial charge in [-0.1, -0.05) is 18.5 Å². The summed E-state index contributed by atoms with van der Waals surface area (Å²) in [4.78, 5) is 15.7. The van der Waals surface area contributed by atoms with Crippen LogP contribution in [0.4, 0.5) is 0 Å². The molecule has 0 fully saturated rings. The van der Waals surface area contributed by atoms with Gasteiger partial charge in [0.05, 0.1) is 30.5 Å². The largest absolute Gasteiger partial charge is 0.493 e. The Morgan fingerprint density at radius 1 is 1.46 bits per heavy atom. The van der Waals surface area contributed by atoms with Gasteiger partial charge >= 0.3 is 0 Å². The summed E-state index contributed by atoms with van der Waals surface area (Å²) in [6.07, 6.45) is 5.40. The molecule has 1 aromatic heterocycles. The predicted molar refractivity (Wildman–Crippen MR) is 93.1 cm³/mol. The first kappa shape index (κ1) is 17.7. The van der Waals surface area contributed by atoms with Gasteiger partial charge in [-0.05, 0) is 36.2 Å². The molecule has 0 radical (unpaired) electrons. The minimum absolute atomic E-state index is 0.347. The van der Waals surface area contributed by atoms with E-state index in [0.29, 0.717) is 34.3 Å². The van der Waals surface area contributed by atoms with Crippen molar-refractivity contribution in [3.8, 4) is 11.5 Å². The number of ether oxygens (including phenoxy) is 2. The van der Waals surface area contributed by atoms with Crippen molar-refractivity contribution in [2.75, 3.05) is 13.7 Å². The third-order valence-electron chi connectivity index (χ3n) is 3.01. The molecule has 1 heterocycles. The molecule has 7 heteroatoms. The Bertz CT molecular complexity index is 721. The van der Waals surface area contributed by atoms with Crippen LogP contribution in [-0.4, -0.2) is 30.8 Å². The summed E-state index contributed by atoms with van der Waals surface area (Å²) in [6, 6.07) is 6.75. The number of pyridine rings is 1. The molecular weight excluding hydrogens is 330 g/mol. The van der Waals surface area contributed by atoms with Gasteiger partial charge in [0.25, 0.3) is 5.91 Å². The Labute approximate surface area is 145 Å². The first-order valence-electron chi connectivity index (χ1n) is 7.39. The van der Waals surface area contributed by atoms with Gasteiger partial charge < -0.3 is 9.47 Å². The zero-order chi connectivity index (χ0) is 17.4. The van der Waals surface area contributed by atoms with Crippen molar-refractivity contribution in [3.63, 3.8) is 0 Å². The average molecular weight is 348 g/mol. The first-order valence-corrected chi connectivity index (χ1v) is 7.77. The molecule has 126 valence electrons. The number of carbonyl (C=O) groups excluding carboxylic acids is 1. The normalized spacial score (nSPS) is 10.6. The standard InChI is InChI=1S/C17H18ClN3O3/c1-3-7-24-16-14(18)8-12(9-15(16)23-2)10-20-21-17(22)13-5-4-6-19-11-13/h4-6,8-11H,3,7H2,1-2H3,(H,21,22)/b20-10-. The minimum Gasteiger partial charge on any atom is -0.493 e. The molecule has 0 atom stereocenters. The van der Waals surface area contributed by atoms with Gasteiger partial charge in [-0.15, -0.1) is 0 Å². The number of methoxy groups -OCH3 is 1. The molecule has 1 aromatic carbocycles. The van der Waals surface area contributed by atoms with E-state index in [2.05, 4.69) is 15.5 Å². The number of hydrogen-bond donors (Lipinski definition) is 1. The van der Waals surface area contributed by atoms with Crippen molar-refractivity contribution in [2.24, 2.45) is 5.10 Å². The smallest absolute Gasteiger partial charge is 0.272 e. The van der Waals surface area contributed by atoms with E-state index in [-0.39, 0.29) is 5.91 Å². The summed E-state index contributed by atoms with van der Waals surface area (Å²) in [5, 5.41) is 4.34. The number of benzene rings is 1. The van der Waals surface area contributed by atoms with Gasteiger partial charge in [0.1, 0.15) is 0 Å². The van der Waals surface area contributed by atoms with Crippen molar-refractivity contribution in [3.05, 3.63) is 52.8 Å². The molecule has 2 rings (SSSR count). The Morgan fingerprint density at radius 2 is 2.29 bits per heavy atom. The second kappa shape index (κ2) is 8.88. The van der Waals surface area contributed by atoms with Crippen LogP contribution in [0.5, 0.6) is 11.5 Å². The van der Waals surface area contributed by atoms with E-state index < -0.39 is 0 Å². The molecule has 0 saturated carbocycles. The van der Waals surface area contributed by atoms with Crippen molar-refractivity contribution in [1.29, 1.82) is 0 Å². The van der Waals surface area contributed by atoms with E-state index in [4.69, 9.17) is 21.1 Å². The third-order valence-corrected chi connectivity index (χ3v) is 3.29. The molecule has 1 N–H and O–H groups in total. The van der Waals surface area contributed by atoms with Crippen LogP contribution in [0, 0.1) is 0 Å². The summed E-state index contributed by atoms with van der Waals surface area (Å²) >= 11 is 6.22. The first-order chi connectivity index (χ1) is 11.7. The highest BCUT2D eigenvalue weighted by Crippen LogP contribution is 2.36. The molecule has 0 bridgehead atoms. The van der Waals surface area contributed by atoms with E-state index in [9.17, 15) is 4.79 Å². The van der Waals surface area contributed by atoms with Crippen LogP contribution in [0.1, 0.15) is 29.3 Å². The molecule has 24 heavy (non-hydrogen) atoms. The quantitative estimate of drug-likeness (QED) is 0.616. The lowest BCUT2D eigenvalue weighted by molar-refractivity contribution is 0.0955. The molecule has 0 aliphatic carbocycles. The van der Waals surface area contributed by atoms with Crippen LogP contribution in [0.3, 0.4) is 0 Å². The second-order valence-electron chi connectivity index (χ2n) is 4.82. The fourth-order valence-corrected chi connectivity index (χ4v) is 2.16. The number of aromatic nitrogens is 1. The molecule has 0 spiro atoms. The van der Waals surface area contributed by atoms with Gasteiger partial charge in [0.15, 0.2) is 11.5 Å². The number of halogens is 1. The molecule has 6 nitrogen and oxygen atoms in total. The second-order valence-corrected chi connectivity index (χ2v) is 5.23. The Hall–Kier alpha value is -2.60. The van der Waals surface area contributed by atoms with Gasteiger partial charge in [0.2, 0.25) is 0 Å². The summed E-state index contributed by atoms with van der Waals surface area (Å²) < 4.78 is 10.9. The molecule has 0 saturated heterocycles. The number of hydrazone groups is 1. The number of nitrogens with zero attached hydrogens (tertiary/aromatic N) is 2. The maximum atomic E-state index is 11.9. The maximum absolute atomic E-state index is 11.9. The fraction of sp³-hybridized carbons (Fsp3) is 0.235. The molecule has 0 aliphatic rings. The average Bonchev–Trinajstić information content (AvgIpc) is 2.61. The number of nitrogens with one attached hydrogen (secondary N) is 1. The third kappa shape index (κ3) is 4.70. The lowest BCUT2D eigenvalue weighted by Gasteiger charge is -2.12. The lowest BCUT2D eigenvalue weighted by atomic mass is 10.2. The fourth-order valence-electron chi connectivity index (χ4n) is 1.89. The summed E-state index contributed by atoms with van der Waals surface area (Å²) in [6.45, 7) is 2.55. The van der Waals surface area contributed by atoms with Crippen molar-refractivity contribution in [2.45, 2.75) is 13.3 Å². The number of hydrogen-bond acceptors (Lipinski definition) is 5. The van der Waals surface area contributed by atoms with Gasteiger partial charge in [-0.2, -0.15) is 5.10 Å². The zero-order valence-corrected chi connectivity index (χ0v) is 14.2. The topological polar surface area (TPSA) is 72.8 Å². The Kier molecular flexibility index (Phi) is 6.57. The SMILES string of the molecule is CCCOc1c(Cl)cc(/C=N\NC(=O)c2cccnc2)cc1OC. The van der Waals surface area contributed by atoms with Gasteiger partial charge in [-0.3, -0.25) is 9.78 Å². The lowest BCUT2D eigenvalue weighted by Crippen LogP contribution is -2.17. The van der Waals surface area contributed by atoms with Crippen LogP contribution in [0.15, 0.2) is 41.8 Å². The van der Waals surface area contributed by atoms with E-state index in [0.717, 1.165) is 6.42 Å². The van der Waals surface area contributed by atoms with Crippen LogP contribution < -0.4 is 14.9 Å². The van der Waals surface area contributed by atoms with Crippen LogP contribution in [0.2, 0.25) is 5.02 Å². The van der Waals surface area contributed by atoms with E-state index in [1.54, 1.807) is 30.5 Å².